The van der Waals surface area contributed by atoms with E-state index < -0.39 is 0 Å². The summed E-state index contributed by atoms with van der Waals surface area (Å²) in [5, 5.41) is 12.8. The molecule has 0 aliphatic heterocycles. The summed E-state index contributed by atoms with van der Waals surface area (Å²) in [6, 6.07) is 5.15. The van der Waals surface area contributed by atoms with E-state index in [0.29, 0.717) is 5.02 Å². The zero-order valence-electron chi connectivity index (χ0n) is 8.09. The van der Waals surface area contributed by atoms with Crippen LogP contribution in [0.4, 0.5) is 5.69 Å². The molecule has 2 nitrogen and oxygen atoms in total. The number of rotatable bonds is 5. The zero-order chi connectivity index (χ0) is 10.4. The molecule has 1 rings (SSSR count). The van der Waals surface area contributed by atoms with Crippen molar-refractivity contribution in [3.05, 3.63) is 23.2 Å². The Balaban J connectivity index is 2.39. The quantitative estimate of drug-likeness (QED) is 0.603. The summed E-state index contributed by atoms with van der Waals surface area (Å²) < 4.78 is 0. The first-order valence-corrected chi connectivity index (χ1v) is 6.22. The average Bonchev–Trinajstić information content (AvgIpc) is 2.18. The number of halogens is 1. The van der Waals surface area contributed by atoms with Crippen molar-refractivity contribution in [3.8, 4) is 5.75 Å². The van der Waals surface area contributed by atoms with E-state index in [-0.39, 0.29) is 5.75 Å². The number of thioether (sulfide) groups is 1. The molecule has 0 heterocycles. The first kappa shape index (κ1) is 11.5. The van der Waals surface area contributed by atoms with E-state index in [1.54, 1.807) is 12.1 Å². The number of phenolic OH excluding ortho intramolecular Hbond substituents is 1. The molecule has 78 valence electrons. The highest BCUT2D eigenvalue weighted by Gasteiger charge is 1.98. The van der Waals surface area contributed by atoms with E-state index in [1.807, 2.05) is 17.8 Å². The van der Waals surface area contributed by atoms with E-state index in [9.17, 15) is 5.11 Å². The lowest BCUT2D eigenvalue weighted by atomic mass is 10.3. The second-order valence-corrected chi connectivity index (χ2v) is 4.33. The van der Waals surface area contributed by atoms with Crippen molar-refractivity contribution in [3.63, 3.8) is 0 Å². The van der Waals surface area contributed by atoms with Crippen molar-refractivity contribution in [2.24, 2.45) is 0 Å². The monoisotopic (exact) mass is 231 g/mol. The molecule has 0 unspecified atom stereocenters. The fourth-order valence-corrected chi connectivity index (χ4v) is 1.68. The normalized spacial score (nSPS) is 10.1. The topological polar surface area (TPSA) is 32.3 Å². The highest BCUT2D eigenvalue weighted by Crippen LogP contribution is 2.25. The molecule has 0 atom stereocenters. The number of benzene rings is 1. The third-order valence-electron chi connectivity index (χ3n) is 1.80. The first-order chi connectivity index (χ1) is 6.74. The molecule has 2 N–H and O–H groups in total. The minimum Gasteiger partial charge on any atom is -0.506 e. The van der Waals surface area contributed by atoms with Gasteiger partial charge in [-0.1, -0.05) is 11.6 Å². The van der Waals surface area contributed by atoms with Gasteiger partial charge < -0.3 is 10.4 Å². The molecular weight excluding hydrogens is 218 g/mol. The summed E-state index contributed by atoms with van der Waals surface area (Å²) in [6.07, 6.45) is 3.22. The molecule has 0 radical (unpaired) electrons. The predicted molar refractivity (Wildman–Crippen MR) is 64.6 cm³/mol. The van der Waals surface area contributed by atoms with E-state index >= 15 is 0 Å². The standard InChI is InChI=1S/C10H14ClNOS/c1-14-6-2-5-12-8-3-4-10(13)9(11)7-8/h3-4,7,12-13H,2,5-6H2,1H3. The minimum absolute atomic E-state index is 0.126. The molecule has 0 aliphatic rings. The van der Waals surface area contributed by atoms with Crippen LogP contribution in [-0.2, 0) is 0 Å². The highest BCUT2D eigenvalue weighted by atomic mass is 35.5. The maximum Gasteiger partial charge on any atom is 0.134 e. The molecule has 0 saturated carbocycles. The number of hydrogen-bond donors (Lipinski definition) is 2. The number of hydrogen-bond acceptors (Lipinski definition) is 3. The van der Waals surface area contributed by atoms with Gasteiger partial charge in [0.15, 0.2) is 0 Å². The van der Waals surface area contributed by atoms with Gasteiger partial charge in [-0.05, 0) is 36.6 Å². The molecule has 0 bridgehead atoms. The van der Waals surface area contributed by atoms with Gasteiger partial charge in [-0.2, -0.15) is 11.8 Å². The Morgan fingerprint density at radius 1 is 1.50 bits per heavy atom. The van der Waals surface area contributed by atoms with Gasteiger partial charge in [0, 0.05) is 12.2 Å². The highest BCUT2D eigenvalue weighted by molar-refractivity contribution is 7.98. The summed E-state index contributed by atoms with van der Waals surface area (Å²) in [5.41, 5.74) is 0.953. The maximum atomic E-state index is 9.19. The molecule has 14 heavy (non-hydrogen) atoms. The average molecular weight is 232 g/mol. The molecule has 1 aromatic carbocycles. The molecule has 0 saturated heterocycles. The van der Waals surface area contributed by atoms with Crippen LogP contribution >= 0.6 is 23.4 Å². The smallest absolute Gasteiger partial charge is 0.134 e. The van der Waals surface area contributed by atoms with Gasteiger partial charge in [0.1, 0.15) is 5.75 Å². The largest absolute Gasteiger partial charge is 0.506 e. The van der Waals surface area contributed by atoms with E-state index in [4.69, 9.17) is 11.6 Å². The molecular formula is C10H14ClNOS. The van der Waals surface area contributed by atoms with Crippen molar-refractivity contribution in [2.45, 2.75) is 6.42 Å². The van der Waals surface area contributed by atoms with Crippen molar-refractivity contribution < 1.29 is 5.11 Å². The fraction of sp³-hybridized carbons (Fsp3) is 0.400. The summed E-state index contributed by atoms with van der Waals surface area (Å²) in [7, 11) is 0. The molecule has 0 aromatic heterocycles. The van der Waals surface area contributed by atoms with Crippen LogP contribution in [0, 0.1) is 0 Å². The van der Waals surface area contributed by atoms with Gasteiger partial charge in [-0.25, -0.2) is 0 Å². The number of anilines is 1. The maximum absolute atomic E-state index is 9.19. The van der Waals surface area contributed by atoms with Crippen LogP contribution in [0.15, 0.2) is 18.2 Å². The Morgan fingerprint density at radius 3 is 2.93 bits per heavy atom. The minimum atomic E-state index is 0.126. The Bertz CT molecular complexity index is 293. The van der Waals surface area contributed by atoms with Gasteiger partial charge in [0.2, 0.25) is 0 Å². The summed E-state index contributed by atoms with van der Waals surface area (Å²) >= 11 is 7.60. The Morgan fingerprint density at radius 2 is 2.29 bits per heavy atom. The molecule has 0 aliphatic carbocycles. The van der Waals surface area contributed by atoms with Crippen LogP contribution in [0.3, 0.4) is 0 Å². The van der Waals surface area contributed by atoms with Gasteiger partial charge in [0.05, 0.1) is 5.02 Å². The molecule has 0 fully saturated rings. The fourth-order valence-electron chi connectivity index (χ4n) is 1.07. The Hall–Kier alpha value is -0.540. The Labute approximate surface area is 93.7 Å². The summed E-state index contributed by atoms with van der Waals surface area (Å²) in [4.78, 5) is 0. The van der Waals surface area contributed by atoms with Crippen LogP contribution in [0.1, 0.15) is 6.42 Å². The second-order valence-electron chi connectivity index (χ2n) is 2.94. The predicted octanol–water partition coefficient (Wildman–Crippen LogP) is 3.21. The van der Waals surface area contributed by atoms with E-state index in [2.05, 4.69) is 11.6 Å². The Kier molecular flexibility index (Phi) is 4.98. The lowest BCUT2D eigenvalue weighted by molar-refractivity contribution is 0.475. The van der Waals surface area contributed by atoms with Crippen LogP contribution in [0.5, 0.6) is 5.75 Å². The molecule has 4 heteroatoms. The van der Waals surface area contributed by atoms with Crippen LogP contribution in [0.25, 0.3) is 0 Å². The lowest BCUT2D eigenvalue weighted by Crippen LogP contribution is -2.02. The van der Waals surface area contributed by atoms with Crippen LogP contribution in [0.2, 0.25) is 5.02 Å². The van der Waals surface area contributed by atoms with Crippen molar-refractivity contribution in [1.29, 1.82) is 0 Å². The summed E-state index contributed by atoms with van der Waals surface area (Å²) in [6.45, 7) is 0.932. The van der Waals surface area contributed by atoms with Crippen LogP contribution in [-0.4, -0.2) is 23.7 Å². The summed E-state index contributed by atoms with van der Waals surface area (Å²) in [5.74, 6) is 1.28. The van der Waals surface area contributed by atoms with Gasteiger partial charge in [-0.3, -0.25) is 0 Å². The number of phenols is 1. The van der Waals surface area contributed by atoms with Crippen molar-refractivity contribution in [2.75, 3.05) is 23.9 Å². The van der Waals surface area contributed by atoms with Crippen molar-refractivity contribution in [1.82, 2.24) is 0 Å². The third kappa shape index (κ3) is 3.68. The third-order valence-corrected chi connectivity index (χ3v) is 2.80. The van der Waals surface area contributed by atoms with Crippen molar-refractivity contribution >= 4 is 29.1 Å². The van der Waals surface area contributed by atoms with Gasteiger partial charge in [0.25, 0.3) is 0 Å². The molecule has 1 aromatic rings. The number of nitrogens with one attached hydrogen (secondary N) is 1. The van der Waals surface area contributed by atoms with Gasteiger partial charge >= 0.3 is 0 Å². The lowest BCUT2D eigenvalue weighted by Gasteiger charge is -2.06. The second kappa shape index (κ2) is 6.04. The molecule has 0 spiro atoms. The van der Waals surface area contributed by atoms with E-state index in [0.717, 1.165) is 24.4 Å². The van der Waals surface area contributed by atoms with Gasteiger partial charge in [-0.15, -0.1) is 0 Å². The van der Waals surface area contributed by atoms with Crippen LogP contribution < -0.4 is 5.32 Å². The first-order valence-electron chi connectivity index (χ1n) is 4.45. The number of aromatic hydroxyl groups is 1. The zero-order valence-corrected chi connectivity index (χ0v) is 9.66. The SMILES string of the molecule is CSCCCNc1ccc(O)c(Cl)c1. The molecule has 0 amide bonds. The van der Waals surface area contributed by atoms with E-state index in [1.165, 1.54) is 0 Å².